The summed E-state index contributed by atoms with van der Waals surface area (Å²) in [6.07, 6.45) is 7.39. The summed E-state index contributed by atoms with van der Waals surface area (Å²) < 4.78 is 0. The van der Waals surface area contributed by atoms with Gasteiger partial charge < -0.3 is 10.2 Å². The van der Waals surface area contributed by atoms with Crippen LogP contribution in [-0.4, -0.2) is 61.0 Å². The Hall–Kier alpha value is -0.320. The maximum absolute atomic E-state index is 12.7. The molecule has 0 saturated carbocycles. The van der Waals surface area contributed by atoms with E-state index in [2.05, 4.69) is 29.0 Å². The number of likely N-dealkylation sites (tertiary alicyclic amines) is 2. The predicted octanol–water partition coefficient (Wildman–Crippen LogP) is 2.52. The summed E-state index contributed by atoms with van der Waals surface area (Å²) in [4.78, 5) is 17.2. The van der Waals surface area contributed by atoms with Crippen LogP contribution in [0.1, 0.15) is 52.4 Å². The molecule has 2 aliphatic heterocycles. The minimum atomic E-state index is 0. The lowest BCUT2D eigenvalue weighted by Crippen LogP contribution is -2.50. The second kappa shape index (κ2) is 10.5. The summed E-state index contributed by atoms with van der Waals surface area (Å²) in [6.45, 7) is 10.6. The molecule has 0 aliphatic carbocycles. The Morgan fingerprint density at radius 2 is 1.68 bits per heavy atom. The van der Waals surface area contributed by atoms with Gasteiger partial charge in [-0.05, 0) is 64.7 Å². The Balaban J connectivity index is 0.00000242. The van der Waals surface area contributed by atoms with E-state index in [0.29, 0.717) is 5.91 Å². The number of piperidine rings is 1. The minimum Gasteiger partial charge on any atom is -0.341 e. The fraction of sp³-hybridized carbons (Fsp3) is 0.941. The van der Waals surface area contributed by atoms with Crippen LogP contribution >= 0.6 is 12.4 Å². The van der Waals surface area contributed by atoms with Crippen molar-refractivity contribution in [1.29, 1.82) is 0 Å². The highest BCUT2D eigenvalue weighted by molar-refractivity contribution is 5.85. The molecule has 4 nitrogen and oxygen atoms in total. The third kappa shape index (κ3) is 5.71. The molecule has 0 radical (unpaired) electrons. The van der Waals surface area contributed by atoms with Gasteiger partial charge in [0.25, 0.3) is 0 Å². The van der Waals surface area contributed by atoms with Gasteiger partial charge in [0.2, 0.25) is 5.91 Å². The molecule has 1 atom stereocenters. The molecule has 1 unspecified atom stereocenters. The van der Waals surface area contributed by atoms with E-state index in [0.717, 1.165) is 45.2 Å². The number of hydrogen-bond donors (Lipinski definition) is 1. The van der Waals surface area contributed by atoms with E-state index < -0.39 is 0 Å². The van der Waals surface area contributed by atoms with Gasteiger partial charge in [-0.25, -0.2) is 0 Å². The molecule has 1 amide bonds. The molecule has 130 valence electrons. The average Bonchev–Trinajstić information content (AvgIpc) is 2.81. The summed E-state index contributed by atoms with van der Waals surface area (Å²) >= 11 is 0. The Labute approximate surface area is 142 Å². The Morgan fingerprint density at radius 3 is 2.23 bits per heavy atom. The third-order valence-corrected chi connectivity index (χ3v) is 5.15. The first-order valence-corrected chi connectivity index (χ1v) is 8.96. The van der Waals surface area contributed by atoms with E-state index in [1.54, 1.807) is 0 Å². The first-order chi connectivity index (χ1) is 10.2. The summed E-state index contributed by atoms with van der Waals surface area (Å²) in [7, 11) is 0. The molecule has 2 aliphatic rings. The van der Waals surface area contributed by atoms with Gasteiger partial charge in [0, 0.05) is 13.1 Å². The van der Waals surface area contributed by atoms with Gasteiger partial charge in [-0.2, -0.15) is 0 Å². The number of carbonyl (C=O) groups excluding carboxylic acids is 1. The van der Waals surface area contributed by atoms with Gasteiger partial charge in [-0.15, -0.1) is 12.4 Å². The zero-order valence-electron chi connectivity index (χ0n) is 14.4. The van der Waals surface area contributed by atoms with Crippen LogP contribution in [-0.2, 0) is 4.79 Å². The van der Waals surface area contributed by atoms with Gasteiger partial charge >= 0.3 is 0 Å². The lowest BCUT2D eigenvalue weighted by Gasteiger charge is -2.37. The van der Waals surface area contributed by atoms with E-state index in [1.165, 1.54) is 38.5 Å². The lowest BCUT2D eigenvalue weighted by molar-refractivity contribution is -0.137. The Kier molecular flexibility index (Phi) is 9.37. The highest BCUT2D eigenvalue weighted by atomic mass is 35.5. The van der Waals surface area contributed by atoms with Crippen LogP contribution in [0.5, 0.6) is 0 Å². The van der Waals surface area contributed by atoms with Crippen molar-refractivity contribution < 1.29 is 4.79 Å². The molecule has 0 bridgehead atoms. The van der Waals surface area contributed by atoms with Crippen LogP contribution in [0.3, 0.4) is 0 Å². The van der Waals surface area contributed by atoms with Crippen molar-refractivity contribution in [2.45, 2.75) is 58.4 Å². The number of halogens is 1. The minimum absolute atomic E-state index is 0. The fourth-order valence-electron chi connectivity index (χ4n) is 3.60. The molecule has 2 saturated heterocycles. The molecule has 2 heterocycles. The van der Waals surface area contributed by atoms with E-state index in [4.69, 9.17) is 0 Å². The molecule has 22 heavy (non-hydrogen) atoms. The maximum Gasteiger partial charge on any atom is 0.239 e. The van der Waals surface area contributed by atoms with Crippen LogP contribution in [0.4, 0.5) is 0 Å². The van der Waals surface area contributed by atoms with Gasteiger partial charge in [0.1, 0.15) is 0 Å². The van der Waals surface area contributed by atoms with E-state index in [9.17, 15) is 4.79 Å². The Morgan fingerprint density at radius 1 is 1.09 bits per heavy atom. The zero-order valence-corrected chi connectivity index (χ0v) is 15.2. The fourth-order valence-corrected chi connectivity index (χ4v) is 3.60. The molecule has 0 spiro atoms. The van der Waals surface area contributed by atoms with Gasteiger partial charge in [0.05, 0.1) is 6.04 Å². The van der Waals surface area contributed by atoms with Gasteiger partial charge in [-0.1, -0.05) is 19.8 Å². The normalized spacial score (nSPS) is 22.7. The summed E-state index contributed by atoms with van der Waals surface area (Å²) in [5, 5.41) is 3.45. The molecule has 0 aromatic rings. The van der Waals surface area contributed by atoms with Gasteiger partial charge in [-0.3, -0.25) is 9.69 Å². The van der Waals surface area contributed by atoms with Crippen LogP contribution in [0, 0.1) is 5.92 Å². The Bertz CT molecular complexity index is 311. The summed E-state index contributed by atoms with van der Waals surface area (Å²) in [5.41, 5.74) is 0. The SMILES string of the molecule is CCNCC1CCN(C(C)C(=O)N2CCCCCC2)CC1.Cl. The lowest BCUT2D eigenvalue weighted by atomic mass is 9.95. The summed E-state index contributed by atoms with van der Waals surface area (Å²) in [5.74, 6) is 1.16. The summed E-state index contributed by atoms with van der Waals surface area (Å²) in [6, 6.07) is 0.0724. The van der Waals surface area contributed by atoms with Crippen LogP contribution in [0.25, 0.3) is 0 Å². The van der Waals surface area contributed by atoms with Crippen molar-refractivity contribution in [2.75, 3.05) is 39.3 Å². The van der Waals surface area contributed by atoms with Crippen molar-refractivity contribution in [2.24, 2.45) is 5.92 Å². The standard InChI is InChI=1S/C17H33N3O.ClH/c1-3-18-14-16-8-12-19(13-9-16)15(2)17(21)20-10-6-4-5-7-11-20;/h15-16,18H,3-14H2,1-2H3;1H. The number of hydrogen-bond acceptors (Lipinski definition) is 3. The molecule has 1 N–H and O–H groups in total. The first kappa shape index (κ1) is 19.7. The molecular weight excluding hydrogens is 298 g/mol. The van der Waals surface area contributed by atoms with Crippen LogP contribution < -0.4 is 5.32 Å². The van der Waals surface area contributed by atoms with Gasteiger partial charge in [0.15, 0.2) is 0 Å². The predicted molar refractivity (Wildman–Crippen MR) is 94.6 cm³/mol. The van der Waals surface area contributed by atoms with Crippen molar-refractivity contribution >= 4 is 18.3 Å². The number of nitrogens with one attached hydrogen (secondary N) is 1. The molecule has 2 rings (SSSR count). The van der Waals surface area contributed by atoms with Crippen molar-refractivity contribution in [3.63, 3.8) is 0 Å². The average molecular weight is 332 g/mol. The number of amides is 1. The largest absolute Gasteiger partial charge is 0.341 e. The first-order valence-electron chi connectivity index (χ1n) is 8.96. The molecule has 5 heteroatoms. The molecule has 0 aromatic heterocycles. The second-order valence-electron chi connectivity index (χ2n) is 6.70. The van der Waals surface area contributed by atoms with Crippen molar-refractivity contribution in [3.8, 4) is 0 Å². The van der Waals surface area contributed by atoms with E-state index in [-0.39, 0.29) is 18.4 Å². The molecule has 2 fully saturated rings. The smallest absolute Gasteiger partial charge is 0.239 e. The topological polar surface area (TPSA) is 35.6 Å². The quantitative estimate of drug-likeness (QED) is 0.841. The zero-order chi connectivity index (χ0) is 15.1. The number of nitrogens with zero attached hydrogens (tertiary/aromatic N) is 2. The van der Waals surface area contributed by atoms with Crippen LogP contribution in [0.15, 0.2) is 0 Å². The highest BCUT2D eigenvalue weighted by Crippen LogP contribution is 2.20. The van der Waals surface area contributed by atoms with Crippen molar-refractivity contribution in [1.82, 2.24) is 15.1 Å². The van der Waals surface area contributed by atoms with E-state index in [1.807, 2.05) is 0 Å². The van der Waals surface area contributed by atoms with Crippen LogP contribution in [0.2, 0.25) is 0 Å². The van der Waals surface area contributed by atoms with Crippen molar-refractivity contribution in [3.05, 3.63) is 0 Å². The second-order valence-corrected chi connectivity index (χ2v) is 6.70. The highest BCUT2D eigenvalue weighted by Gasteiger charge is 2.29. The maximum atomic E-state index is 12.7. The van der Waals surface area contributed by atoms with E-state index >= 15 is 0 Å². The number of rotatable bonds is 5. The third-order valence-electron chi connectivity index (χ3n) is 5.15. The number of carbonyl (C=O) groups is 1. The molecular formula is C17H34ClN3O. The molecule has 0 aromatic carbocycles. The monoisotopic (exact) mass is 331 g/mol.